The zero-order chi connectivity index (χ0) is 12.1. The van der Waals surface area contributed by atoms with E-state index in [-0.39, 0.29) is 0 Å². The Morgan fingerprint density at radius 1 is 1.24 bits per heavy atom. The largest absolute Gasteiger partial charge is 0.489 e. The van der Waals surface area contributed by atoms with E-state index in [2.05, 4.69) is 4.98 Å². The lowest BCUT2D eigenvalue weighted by molar-refractivity contribution is 0.306. The molecule has 0 amide bonds. The molecule has 0 aliphatic carbocycles. The minimum Gasteiger partial charge on any atom is -0.489 e. The first-order valence-corrected chi connectivity index (χ1v) is 5.11. The molecule has 0 saturated carbocycles. The van der Waals surface area contributed by atoms with Crippen molar-refractivity contribution < 1.29 is 4.74 Å². The lowest BCUT2D eigenvalue weighted by atomic mass is 10.2. The third kappa shape index (κ3) is 2.95. The Morgan fingerprint density at radius 3 is 2.71 bits per heavy atom. The van der Waals surface area contributed by atoms with Crippen molar-refractivity contribution in [2.75, 3.05) is 5.73 Å². The highest BCUT2D eigenvalue weighted by atomic mass is 16.5. The second kappa shape index (κ2) is 4.99. The molecule has 0 spiro atoms. The molecule has 2 rings (SSSR count). The molecule has 84 valence electrons. The molecule has 0 saturated heterocycles. The molecule has 0 fully saturated rings. The fourth-order valence-electron chi connectivity index (χ4n) is 1.36. The van der Waals surface area contributed by atoms with Gasteiger partial charge in [-0.05, 0) is 42.0 Å². The number of nitrogen functional groups attached to an aromatic ring is 1. The summed E-state index contributed by atoms with van der Waals surface area (Å²) in [5.74, 6) is 0.745. The Morgan fingerprint density at radius 2 is 2.00 bits per heavy atom. The molecule has 4 nitrogen and oxygen atoms in total. The van der Waals surface area contributed by atoms with Gasteiger partial charge in [0.25, 0.3) is 0 Å². The maximum atomic E-state index is 8.71. The Hall–Kier alpha value is -2.54. The summed E-state index contributed by atoms with van der Waals surface area (Å²) >= 11 is 0. The topological polar surface area (TPSA) is 71.9 Å². The third-order valence-electron chi connectivity index (χ3n) is 2.22. The van der Waals surface area contributed by atoms with Crippen LogP contribution in [0.3, 0.4) is 0 Å². The van der Waals surface area contributed by atoms with Crippen LogP contribution in [0.4, 0.5) is 5.69 Å². The number of pyridine rings is 1. The van der Waals surface area contributed by atoms with Crippen LogP contribution in [0, 0.1) is 11.3 Å². The van der Waals surface area contributed by atoms with E-state index in [1.165, 1.54) is 0 Å². The first-order valence-electron chi connectivity index (χ1n) is 5.11. The van der Waals surface area contributed by atoms with Crippen LogP contribution in [-0.2, 0) is 6.61 Å². The van der Waals surface area contributed by atoms with Crippen LogP contribution in [0.5, 0.6) is 5.75 Å². The molecular weight excluding hydrogens is 214 g/mol. The van der Waals surface area contributed by atoms with E-state index in [0.29, 0.717) is 18.0 Å². The molecule has 2 N–H and O–H groups in total. The average molecular weight is 225 g/mol. The highest BCUT2D eigenvalue weighted by Crippen LogP contribution is 2.15. The van der Waals surface area contributed by atoms with Crippen molar-refractivity contribution in [3.8, 4) is 11.8 Å². The summed E-state index contributed by atoms with van der Waals surface area (Å²) in [6.07, 6.45) is 1.60. The number of nitrogens with two attached hydrogens (primary N) is 1. The summed E-state index contributed by atoms with van der Waals surface area (Å²) in [5, 5.41) is 8.71. The van der Waals surface area contributed by atoms with Crippen LogP contribution in [0.15, 0.2) is 42.6 Å². The number of hydrogen-bond donors (Lipinski definition) is 1. The SMILES string of the molecule is N#Cc1cc(COc2ccc(N)cc2)ccn1. The van der Waals surface area contributed by atoms with Crippen LogP contribution in [0.25, 0.3) is 0 Å². The van der Waals surface area contributed by atoms with Gasteiger partial charge in [-0.25, -0.2) is 4.98 Å². The van der Waals surface area contributed by atoms with Gasteiger partial charge in [0.2, 0.25) is 0 Å². The van der Waals surface area contributed by atoms with Crippen LogP contribution in [0.2, 0.25) is 0 Å². The Labute approximate surface area is 99.3 Å². The van der Waals surface area contributed by atoms with Gasteiger partial charge in [0.1, 0.15) is 24.1 Å². The zero-order valence-electron chi connectivity index (χ0n) is 9.13. The van der Waals surface area contributed by atoms with Gasteiger partial charge in [0.05, 0.1) is 0 Å². The summed E-state index contributed by atoms with van der Waals surface area (Å²) in [7, 11) is 0. The summed E-state index contributed by atoms with van der Waals surface area (Å²) < 4.78 is 5.55. The van der Waals surface area contributed by atoms with Gasteiger partial charge in [-0.15, -0.1) is 0 Å². The lowest BCUT2D eigenvalue weighted by Crippen LogP contribution is -1.97. The molecule has 2 aromatic rings. The van der Waals surface area contributed by atoms with Crippen molar-refractivity contribution in [1.82, 2.24) is 4.98 Å². The van der Waals surface area contributed by atoms with Gasteiger partial charge >= 0.3 is 0 Å². The van der Waals surface area contributed by atoms with Crippen LogP contribution in [0.1, 0.15) is 11.3 Å². The number of benzene rings is 1. The van der Waals surface area contributed by atoms with E-state index in [9.17, 15) is 0 Å². The molecule has 0 unspecified atom stereocenters. The molecule has 1 aromatic heterocycles. The number of hydrogen-bond acceptors (Lipinski definition) is 4. The smallest absolute Gasteiger partial charge is 0.140 e. The van der Waals surface area contributed by atoms with Crippen LogP contribution < -0.4 is 10.5 Å². The van der Waals surface area contributed by atoms with Crippen LogP contribution >= 0.6 is 0 Å². The van der Waals surface area contributed by atoms with Gasteiger partial charge in [-0.1, -0.05) is 0 Å². The van der Waals surface area contributed by atoms with Gasteiger partial charge < -0.3 is 10.5 Å². The lowest BCUT2D eigenvalue weighted by Gasteiger charge is -2.06. The Kier molecular flexibility index (Phi) is 3.22. The fraction of sp³-hybridized carbons (Fsp3) is 0.0769. The van der Waals surface area contributed by atoms with E-state index in [0.717, 1.165) is 11.3 Å². The van der Waals surface area contributed by atoms with E-state index < -0.39 is 0 Å². The normalized spacial score (nSPS) is 9.59. The number of anilines is 1. The number of ether oxygens (including phenoxy) is 1. The monoisotopic (exact) mass is 225 g/mol. The summed E-state index contributed by atoms with van der Waals surface area (Å²) in [5.41, 5.74) is 7.58. The maximum absolute atomic E-state index is 8.71. The zero-order valence-corrected chi connectivity index (χ0v) is 9.13. The number of nitriles is 1. The molecule has 0 atom stereocenters. The minimum atomic E-state index is 0.392. The van der Waals surface area contributed by atoms with Crippen LogP contribution in [-0.4, -0.2) is 4.98 Å². The van der Waals surface area contributed by atoms with Gasteiger partial charge in [0, 0.05) is 11.9 Å². The molecule has 4 heteroatoms. The highest BCUT2D eigenvalue weighted by molar-refractivity contribution is 5.41. The quantitative estimate of drug-likeness (QED) is 0.812. The molecule has 0 aliphatic rings. The fourth-order valence-corrected chi connectivity index (χ4v) is 1.36. The molecule has 0 radical (unpaired) electrons. The van der Waals surface area contributed by atoms with E-state index in [1.54, 1.807) is 24.4 Å². The number of nitrogens with zero attached hydrogens (tertiary/aromatic N) is 2. The van der Waals surface area contributed by atoms with E-state index in [4.69, 9.17) is 15.7 Å². The Bertz CT molecular complexity index is 543. The summed E-state index contributed by atoms with van der Waals surface area (Å²) in [6, 6.07) is 12.7. The highest BCUT2D eigenvalue weighted by Gasteiger charge is 1.98. The molecule has 1 heterocycles. The standard InChI is InChI=1S/C13H11N3O/c14-8-12-7-10(5-6-16-12)9-17-13-3-1-11(15)2-4-13/h1-7H,9,15H2. The van der Waals surface area contributed by atoms with Gasteiger partial charge in [0.15, 0.2) is 0 Å². The number of rotatable bonds is 3. The summed E-state index contributed by atoms with van der Waals surface area (Å²) in [4.78, 5) is 3.89. The predicted octanol–water partition coefficient (Wildman–Crippen LogP) is 2.11. The second-order valence-corrected chi connectivity index (χ2v) is 3.52. The summed E-state index contributed by atoms with van der Waals surface area (Å²) in [6.45, 7) is 0.404. The minimum absolute atomic E-state index is 0.392. The first kappa shape index (κ1) is 11.0. The van der Waals surface area contributed by atoms with Crippen molar-refractivity contribution in [3.05, 3.63) is 53.9 Å². The molecule has 0 aliphatic heterocycles. The predicted molar refractivity (Wildman–Crippen MR) is 64.1 cm³/mol. The van der Waals surface area contributed by atoms with Crippen molar-refractivity contribution in [3.63, 3.8) is 0 Å². The van der Waals surface area contributed by atoms with Crippen molar-refractivity contribution in [2.24, 2.45) is 0 Å². The first-order chi connectivity index (χ1) is 8.28. The maximum Gasteiger partial charge on any atom is 0.140 e. The van der Waals surface area contributed by atoms with Crippen molar-refractivity contribution >= 4 is 5.69 Å². The molecule has 1 aromatic carbocycles. The molecule has 17 heavy (non-hydrogen) atoms. The van der Waals surface area contributed by atoms with E-state index >= 15 is 0 Å². The average Bonchev–Trinajstić information content (AvgIpc) is 2.38. The number of aromatic nitrogens is 1. The van der Waals surface area contributed by atoms with Crippen molar-refractivity contribution in [2.45, 2.75) is 6.61 Å². The molecular formula is C13H11N3O. The van der Waals surface area contributed by atoms with Gasteiger partial charge in [-0.3, -0.25) is 0 Å². The second-order valence-electron chi connectivity index (χ2n) is 3.52. The van der Waals surface area contributed by atoms with Crippen molar-refractivity contribution in [1.29, 1.82) is 5.26 Å². The molecule has 0 bridgehead atoms. The van der Waals surface area contributed by atoms with E-state index in [1.807, 2.05) is 24.3 Å². The Balaban J connectivity index is 2.02. The third-order valence-corrected chi connectivity index (χ3v) is 2.22. The van der Waals surface area contributed by atoms with Gasteiger partial charge in [-0.2, -0.15) is 5.26 Å².